The summed E-state index contributed by atoms with van der Waals surface area (Å²) in [7, 11) is 0. The Kier molecular flexibility index (Phi) is 5.74. The first kappa shape index (κ1) is 16.1. The lowest BCUT2D eigenvalue weighted by Crippen LogP contribution is -2.32. The predicted octanol–water partition coefficient (Wildman–Crippen LogP) is 5.67. The van der Waals surface area contributed by atoms with Gasteiger partial charge in [0.05, 0.1) is 0 Å². The predicted molar refractivity (Wildman–Crippen MR) is 85.9 cm³/mol. The Balaban J connectivity index is 1.98. The van der Waals surface area contributed by atoms with Gasteiger partial charge in [0, 0.05) is 22.2 Å². The Morgan fingerprint density at radius 1 is 0.900 bits per heavy atom. The van der Waals surface area contributed by atoms with Crippen molar-refractivity contribution in [1.82, 2.24) is 0 Å². The van der Waals surface area contributed by atoms with E-state index < -0.39 is 0 Å². The van der Waals surface area contributed by atoms with Crippen molar-refractivity contribution in [2.24, 2.45) is 23.7 Å². The van der Waals surface area contributed by atoms with Gasteiger partial charge in [-0.2, -0.15) is 0 Å². The molecule has 0 aromatic rings. The SMILES string of the molecule is CCC1CC(C(=CCl)C(=O)C(=CCl)C2CC(CC)C2)C1. The molecule has 0 aromatic carbocycles. The van der Waals surface area contributed by atoms with E-state index in [9.17, 15) is 4.79 Å². The summed E-state index contributed by atoms with van der Waals surface area (Å²) >= 11 is 11.9. The van der Waals surface area contributed by atoms with Gasteiger partial charge in [-0.05, 0) is 49.4 Å². The number of Topliss-reactive ketones (excluding diaryl/α,β-unsaturated/α-hetero) is 1. The van der Waals surface area contributed by atoms with Crippen LogP contribution in [0.15, 0.2) is 22.2 Å². The summed E-state index contributed by atoms with van der Waals surface area (Å²) in [5.74, 6) is 2.30. The largest absolute Gasteiger partial charge is 0.289 e. The first-order valence-corrected chi connectivity index (χ1v) is 8.66. The van der Waals surface area contributed by atoms with E-state index in [2.05, 4.69) is 13.8 Å². The molecule has 2 fully saturated rings. The molecule has 0 N–H and O–H groups in total. The fourth-order valence-electron chi connectivity index (χ4n) is 3.46. The Labute approximate surface area is 132 Å². The lowest BCUT2D eigenvalue weighted by atomic mass is 9.65. The van der Waals surface area contributed by atoms with E-state index in [0.717, 1.165) is 48.7 Å². The van der Waals surface area contributed by atoms with Crippen LogP contribution in [0.2, 0.25) is 0 Å². The van der Waals surface area contributed by atoms with Crippen LogP contribution in [0.25, 0.3) is 0 Å². The van der Waals surface area contributed by atoms with Crippen molar-refractivity contribution in [3.05, 3.63) is 22.2 Å². The van der Waals surface area contributed by atoms with E-state index in [0.29, 0.717) is 11.8 Å². The topological polar surface area (TPSA) is 17.1 Å². The summed E-state index contributed by atoms with van der Waals surface area (Å²) in [6.07, 6.45) is 6.77. The number of carbonyl (C=O) groups is 1. The highest BCUT2D eigenvalue weighted by Crippen LogP contribution is 2.45. The highest BCUT2D eigenvalue weighted by molar-refractivity contribution is 6.31. The molecule has 2 aliphatic rings. The maximum absolute atomic E-state index is 12.7. The average Bonchev–Trinajstić information content (AvgIpc) is 2.36. The van der Waals surface area contributed by atoms with Gasteiger partial charge < -0.3 is 0 Å². The lowest BCUT2D eigenvalue weighted by Gasteiger charge is -2.39. The van der Waals surface area contributed by atoms with E-state index in [4.69, 9.17) is 23.2 Å². The summed E-state index contributed by atoms with van der Waals surface area (Å²) < 4.78 is 0. The summed E-state index contributed by atoms with van der Waals surface area (Å²) in [5, 5.41) is 0. The third kappa shape index (κ3) is 3.14. The van der Waals surface area contributed by atoms with Crippen molar-refractivity contribution >= 4 is 29.0 Å². The smallest absolute Gasteiger partial charge is 0.187 e. The number of halogens is 2. The van der Waals surface area contributed by atoms with Crippen molar-refractivity contribution in [3.63, 3.8) is 0 Å². The second kappa shape index (κ2) is 7.13. The van der Waals surface area contributed by atoms with Crippen molar-refractivity contribution in [1.29, 1.82) is 0 Å². The van der Waals surface area contributed by atoms with E-state index in [1.54, 1.807) is 0 Å². The summed E-state index contributed by atoms with van der Waals surface area (Å²) in [6.45, 7) is 4.41. The van der Waals surface area contributed by atoms with Crippen molar-refractivity contribution < 1.29 is 4.79 Å². The zero-order valence-corrected chi connectivity index (χ0v) is 13.9. The van der Waals surface area contributed by atoms with Crippen molar-refractivity contribution in [2.45, 2.75) is 52.4 Å². The highest BCUT2D eigenvalue weighted by Gasteiger charge is 2.38. The third-order valence-electron chi connectivity index (χ3n) is 5.27. The van der Waals surface area contributed by atoms with Gasteiger partial charge in [0.25, 0.3) is 0 Å². The minimum Gasteiger partial charge on any atom is -0.289 e. The van der Waals surface area contributed by atoms with Crippen LogP contribution >= 0.6 is 23.2 Å². The molecule has 112 valence electrons. The van der Waals surface area contributed by atoms with Gasteiger partial charge >= 0.3 is 0 Å². The van der Waals surface area contributed by atoms with Gasteiger partial charge in [-0.3, -0.25) is 4.79 Å². The van der Waals surface area contributed by atoms with Crippen LogP contribution < -0.4 is 0 Å². The standard InChI is InChI=1S/C17H24Cl2O/c1-3-11-5-13(6-11)15(9-18)17(20)16(10-19)14-7-12(4-2)8-14/h9-14H,3-8H2,1-2H3. The molecular formula is C17H24Cl2O. The molecule has 0 spiro atoms. The molecule has 0 heterocycles. The summed E-state index contributed by atoms with van der Waals surface area (Å²) in [6, 6.07) is 0. The molecule has 2 aliphatic carbocycles. The molecule has 3 heteroatoms. The maximum Gasteiger partial charge on any atom is 0.187 e. The van der Waals surface area contributed by atoms with Gasteiger partial charge in [0.1, 0.15) is 0 Å². The normalized spacial score (nSPS) is 34.4. The molecule has 0 aliphatic heterocycles. The van der Waals surface area contributed by atoms with Crippen LogP contribution in [-0.2, 0) is 4.79 Å². The number of carbonyl (C=O) groups excluding carboxylic acids is 1. The monoisotopic (exact) mass is 314 g/mol. The molecule has 0 saturated heterocycles. The molecule has 0 unspecified atom stereocenters. The minimum absolute atomic E-state index is 0.0918. The lowest BCUT2D eigenvalue weighted by molar-refractivity contribution is -0.114. The zero-order chi connectivity index (χ0) is 14.7. The first-order valence-electron chi connectivity index (χ1n) is 7.79. The van der Waals surface area contributed by atoms with Crippen LogP contribution in [0.5, 0.6) is 0 Å². The molecule has 0 aromatic heterocycles. The average molecular weight is 315 g/mol. The highest BCUT2D eigenvalue weighted by atomic mass is 35.5. The summed E-state index contributed by atoms with van der Waals surface area (Å²) in [5.41, 5.74) is 4.55. The quantitative estimate of drug-likeness (QED) is 0.577. The Morgan fingerprint density at radius 2 is 1.25 bits per heavy atom. The number of hydrogen-bond donors (Lipinski definition) is 0. The van der Waals surface area contributed by atoms with Gasteiger partial charge in [-0.25, -0.2) is 0 Å². The second-order valence-corrected chi connectivity index (χ2v) is 6.78. The fraction of sp³-hybridized carbons (Fsp3) is 0.706. The summed E-state index contributed by atoms with van der Waals surface area (Å²) in [4.78, 5) is 12.7. The van der Waals surface area contributed by atoms with Crippen LogP contribution in [0.1, 0.15) is 52.4 Å². The fourth-order valence-corrected chi connectivity index (χ4v) is 4.02. The molecule has 0 amide bonds. The Hall–Kier alpha value is -0.270. The van der Waals surface area contributed by atoms with Gasteiger partial charge in [0.2, 0.25) is 0 Å². The van der Waals surface area contributed by atoms with Gasteiger partial charge in [-0.1, -0.05) is 49.9 Å². The van der Waals surface area contributed by atoms with E-state index in [-0.39, 0.29) is 5.78 Å². The van der Waals surface area contributed by atoms with Crippen molar-refractivity contribution in [3.8, 4) is 0 Å². The molecule has 2 rings (SSSR count). The second-order valence-electron chi connectivity index (χ2n) is 6.34. The molecule has 0 bridgehead atoms. The molecule has 0 radical (unpaired) electrons. The molecule has 20 heavy (non-hydrogen) atoms. The van der Waals surface area contributed by atoms with Gasteiger partial charge in [-0.15, -0.1) is 0 Å². The van der Waals surface area contributed by atoms with Crippen LogP contribution in [0.3, 0.4) is 0 Å². The molecule has 0 atom stereocenters. The van der Waals surface area contributed by atoms with Crippen LogP contribution in [-0.4, -0.2) is 5.78 Å². The Bertz CT molecular complexity index is 375. The molecule has 2 saturated carbocycles. The van der Waals surface area contributed by atoms with E-state index in [1.807, 2.05) is 0 Å². The van der Waals surface area contributed by atoms with Crippen LogP contribution in [0.4, 0.5) is 0 Å². The maximum atomic E-state index is 12.7. The number of allylic oxidation sites excluding steroid dienone is 2. The van der Waals surface area contributed by atoms with Crippen LogP contribution in [0, 0.1) is 23.7 Å². The van der Waals surface area contributed by atoms with Gasteiger partial charge in [0.15, 0.2) is 5.78 Å². The Morgan fingerprint density at radius 3 is 1.50 bits per heavy atom. The minimum atomic E-state index is 0.0918. The number of ketones is 1. The van der Waals surface area contributed by atoms with Crippen molar-refractivity contribution in [2.75, 3.05) is 0 Å². The number of rotatable bonds is 6. The molecular weight excluding hydrogens is 291 g/mol. The number of hydrogen-bond acceptors (Lipinski definition) is 1. The third-order valence-corrected chi connectivity index (χ3v) is 5.74. The first-order chi connectivity index (χ1) is 9.64. The van der Waals surface area contributed by atoms with E-state index in [1.165, 1.54) is 23.9 Å². The van der Waals surface area contributed by atoms with E-state index >= 15 is 0 Å². The zero-order valence-electron chi connectivity index (χ0n) is 12.4. The molecule has 1 nitrogen and oxygen atoms in total.